The number of fused-ring (bicyclic) bond motifs is 5. The number of carbonyl (C=O) groups is 6. The highest BCUT2D eigenvalue weighted by Gasteiger charge is 2.61. The summed E-state index contributed by atoms with van der Waals surface area (Å²) in [5.41, 5.74) is 0.383. The minimum absolute atomic E-state index is 0.154. The number of unbranched alkanes of at least 4 members (excludes halogenated alkanes) is 5. The number of ether oxygens (including phenoxy) is 6. The average Bonchev–Trinajstić information content (AvgIpc) is 3.51. The van der Waals surface area contributed by atoms with Crippen LogP contribution in [0.2, 0.25) is 0 Å². The van der Waals surface area contributed by atoms with Crippen LogP contribution in [0.4, 0.5) is 4.79 Å². The number of ketones is 1. The summed E-state index contributed by atoms with van der Waals surface area (Å²) in [4.78, 5) is 72.8. The molecule has 4 rings (SSSR count). The smallest absolute Gasteiger partial charge is 0.462 e. The van der Waals surface area contributed by atoms with Crippen molar-refractivity contribution in [2.45, 2.75) is 183 Å². The summed E-state index contributed by atoms with van der Waals surface area (Å²) in [7, 11) is 0. The first-order valence-corrected chi connectivity index (χ1v) is 22.0. The third-order valence-corrected chi connectivity index (χ3v) is 14.5. The van der Waals surface area contributed by atoms with Crippen molar-refractivity contribution >= 4 is 35.8 Å². The fourth-order valence-corrected chi connectivity index (χ4v) is 11.3. The summed E-state index contributed by atoms with van der Waals surface area (Å²) in [5.74, 6) is 0.561. The Labute approximate surface area is 340 Å². The second kappa shape index (κ2) is 21.2. The van der Waals surface area contributed by atoms with E-state index >= 15 is 0 Å². The highest BCUT2D eigenvalue weighted by molar-refractivity contribution is 5.79. The van der Waals surface area contributed by atoms with Crippen molar-refractivity contribution < 1.29 is 57.2 Å². The maximum atomic E-state index is 12.8. The Balaban J connectivity index is 1.06. The van der Waals surface area contributed by atoms with Crippen molar-refractivity contribution in [3.63, 3.8) is 0 Å². The van der Waals surface area contributed by atoms with Gasteiger partial charge >= 0.3 is 30.0 Å². The van der Waals surface area contributed by atoms with Gasteiger partial charge in [0, 0.05) is 26.7 Å². The third kappa shape index (κ3) is 12.7. The van der Waals surface area contributed by atoms with Gasteiger partial charge in [-0.15, -0.1) is 0 Å². The van der Waals surface area contributed by atoms with Gasteiger partial charge in [-0.3, -0.25) is 24.0 Å². The molecule has 0 aliphatic heterocycles. The number of carbonyl (C=O) groups excluding carboxylic acids is 6. The molecule has 4 unspecified atom stereocenters. The fourth-order valence-electron chi connectivity index (χ4n) is 11.3. The number of Topliss-reactive ketones (excluding diaryl/α,β-unsaturated/α-hetero) is 1. The predicted molar refractivity (Wildman–Crippen MR) is 211 cm³/mol. The quantitative estimate of drug-likeness (QED) is 0.0498. The van der Waals surface area contributed by atoms with Gasteiger partial charge in [-0.05, 0) is 112 Å². The van der Waals surface area contributed by atoms with Crippen LogP contribution in [0.1, 0.15) is 165 Å². The van der Waals surface area contributed by atoms with Gasteiger partial charge in [-0.25, -0.2) is 4.79 Å². The zero-order valence-electron chi connectivity index (χ0n) is 36.1. The van der Waals surface area contributed by atoms with Gasteiger partial charge in [-0.1, -0.05) is 66.2 Å². The molecule has 0 amide bonds. The maximum absolute atomic E-state index is 12.8. The normalized spacial score (nSPS) is 30.7. The van der Waals surface area contributed by atoms with Crippen LogP contribution in [0.25, 0.3) is 0 Å². The van der Waals surface area contributed by atoms with Crippen LogP contribution in [0.15, 0.2) is 0 Å². The molecule has 4 saturated carbocycles. The molecule has 12 nitrogen and oxygen atoms in total. The van der Waals surface area contributed by atoms with Gasteiger partial charge in [0.2, 0.25) is 6.29 Å². The molecule has 0 aromatic heterocycles. The largest absolute Gasteiger partial charge is 0.511 e. The van der Waals surface area contributed by atoms with E-state index in [0.29, 0.717) is 42.3 Å². The Bertz CT molecular complexity index is 1380. The van der Waals surface area contributed by atoms with E-state index in [0.717, 1.165) is 77.0 Å². The number of rotatable bonds is 20. The van der Waals surface area contributed by atoms with Crippen molar-refractivity contribution in [1.82, 2.24) is 0 Å². The molecule has 57 heavy (non-hydrogen) atoms. The lowest BCUT2D eigenvalue weighted by atomic mass is 9.44. The summed E-state index contributed by atoms with van der Waals surface area (Å²) in [6, 6.07) is 0. The van der Waals surface area contributed by atoms with Crippen LogP contribution in [0.5, 0.6) is 0 Å². The van der Waals surface area contributed by atoms with Crippen molar-refractivity contribution in [2.75, 3.05) is 13.2 Å². The maximum Gasteiger partial charge on any atom is 0.511 e. The summed E-state index contributed by atoms with van der Waals surface area (Å²) >= 11 is 0. The number of hydrogen-bond donors (Lipinski definition) is 0. The van der Waals surface area contributed by atoms with E-state index in [-0.39, 0.29) is 47.9 Å². The van der Waals surface area contributed by atoms with Crippen molar-refractivity contribution in [3.05, 3.63) is 0 Å². The molecule has 12 heteroatoms. The number of esters is 4. The molecule has 0 bridgehead atoms. The van der Waals surface area contributed by atoms with E-state index in [9.17, 15) is 28.8 Å². The molecule has 0 spiro atoms. The van der Waals surface area contributed by atoms with Crippen molar-refractivity contribution in [2.24, 2.45) is 52.3 Å². The number of hydrogen-bond acceptors (Lipinski definition) is 12. The summed E-state index contributed by atoms with van der Waals surface area (Å²) in [6.45, 7) is 14.0. The van der Waals surface area contributed by atoms with Gasteiger partial charge in [0.15, 0.2) is 6.10 Å². The molecule has 4 fully saturated rings. The average molecular weight is 805 g/mol. The molecule has 0 N–H and O–H groups in total. The van der Waals surface area contributed by atoms with E-state index in [4.69, 9.17) is 28.4 Å². The lowest BCUT2D eigenvalue weighted by Gasteiger charge is -2.61. The molecular formula is C45H72O12. The van der Waals surface area contributed by atoms with Crippen LogP contribution in [0.3, 0.4) is 0 Å². The first kappa shape index (κ1) is 46.5. The SMILES string of the molecule is CC(=O)OCC(COC(C)=O)OC(=O)C(C)CCCCCCCCC(C)C(=O)OC(C)OC(=O)O[C@@H]1CC[C@@]2(C)[C@@H](CC[C@@H]3[C@@H]2CC[C@]2(C)C(C(C)=O)CC[C@@H]32)C1. The van der Waals surface area contributed by atoms with Gasteiger partial charge in [-0.2, -0.15) is 0 Å². The Kier molecular flexibility index (Phi) is 17.3. The fraction of sp³-hybridized carbons (Fsp3) is 0.867. The van der Waals surface area contributed by atoms with Crippen LogP contribution in [0, 0.1) is 52.3 Å². The van der Waals surface area contributed by atoms with Gasteiger partial charge < -0.3 is 28.4 Å². The molecule has 4 aliphatic rings. The first-order valence-electron chi connectivity index (χ1n) is 22.0. The van der Waals surface area contributed by atoms with E-state index in [1.54, 1.807) is 20.8 Å². The second-order valence-electron chi connectivity index (χ2n) is 18.5. The molecule has 0 heterocycles. The zero-order valence-corrected chi connectivity index (χ0v) is 36.1. The van der Waals surface area contributed by atoms with Crippen LogP contribution in [-0.4, -0.2) is 67.5 Å². The summed E-state index contributed by atoms with van der Waals surface area (Å²) < 4.78 is 31.9. The highest BCUT2D eigenvalue weighted by Crippen LogP contribution is 2.67. The van der Waals surface area contributed by atoms with E-state index in [1.807, 2.05) is 6.92 Å². The predicted octanol–water partition coefficient (Wildman–Crippen LogP) is 9.08. The Morgan fingerprint density at radius 1 is 0.614 bits per heavy atom. The first-order chi connectivity index (χ1) is 26.9. The lowest BCUT2D eigenvalue weighted by molar-refractivity contribution is -0.175. The Hall–Kier alpha value is -3.18. The van der Waals surface area contributed by atoms with E-state index in [1.165, 1.54) is 33.1 Å². The molecule has 324 valence electrons. The van der Waals surface area contributed by atoms with Crippen molar-refractivity contribution in [1.29, 1.82) is 0 Å². The van der Waals surface area contributed by atoms with Crippen LogP contribution < -0.4 is 0 Å². The van der Waals surface area contributed by atoms with Gasteiger partial charge in [0.25, 0.3) is 0 Å². The highest BCUT2D eigenvalue weighted by atomic mass is 16.8. The molecular weight excluding hydrogens is 732 g/mol. The lowest BCUT2D eigenvalue weighted by Crippen LogP contribution is -2.54. The molecule has 0 saturated heterocycles. The zero-order chi connectivity index (χ0) is 41.9. The molecule has 0 aromatic carbocycles. The minimum atomic E-state index is -1.04. The van der Waals surface area contributed by atoms with Gasteiger partial charge in [0.05, 0.1) is 11.8 Å². The van der Waals surface area contributed by atoms with Crippen LogP contribution in [-0.2, 0) is 52.4 Å². The topological polar surface area (TPSA) is 158 Å². The Morgan fingerprint density at radius 3 is 1.74 bits per heavy atom. The summed E-state index contributed by atoms with van der Waals surface area (Å²) in [6.07, 6.45) is 13.7. The molecule has 4 aliphatic carbocycles. The molecule has 0 radical (unpaired) electrons. The monoisotopic (exact) mass is 805 g/mol. The molecule has 11 atom stereocenters. The van der Waals surface area contributed by atoms with E-state index in [2.05, 4.69) is 13.8 Å². The summed E-state index contributed by atoms with van der Waals surface area (Å²) in [5, 5.41) is 0. The Morgan fingerprint density at radius 2 is 1.16 bits per heavy atom. The standard InChI is InChI=1S/C45H72O12/c1-28(15-13-11-9-10-12-14-16-29(2)42(50)56-36(26-52-31(4)47)27-53-32(5)48)41(49)54-33(6)55-43(51)57-35-21-23-44(7)34(25-35)17-18-37-39-20-19-38(30(3)46)45(39,8)24-22-40(37)44/h28-29,33-40H,9-27H2,1-8H3/t28?,29?,33?,34-,35+,37-,38?,39-,40-,44-,45+/m0/s1. The van der Waals surface area contributed by atoms with Gasteiger partial charge in [0.1, 0.15) is 25.1 Å². The van der Waals surface area contributed by atoms with Crippen molar-refractivity contribution in [3.8, 4) is 0 Å². The molecule has 0 aromatic rings. The van der Waals surface area contributed by atoms with E-state index < -0.39 is 42.4 Å². The third-order valence-electron chi connectivity index (χ3n) is 14.5. The van der Waals surface area contributed by atoms with Crippen LogP contribution >= 0.6 is 0 Å². The minimum Gasteiger partial charge on any atom is -0.462 e. The second-order valence-corrected chi connectivity index (χ2v) is 18.5.